The molecule has 0 aromatic heterocycles. The summed E-state index contributed by atoms with van der Waals surface area (Å²) in [5.74, 6) is 0.0826. The fourth-order valence-corrected chi connectivity index (χ4v) is 4.50. The summed E-state index contributed by atoms with van der Waals surface area (Å²) in [7, 11) is 0. The van der Waals surface area contributed by atoms with E-state index in [1.807, 2.05) is 25.7 Å². The van der Waals surface area contributed by atoms with Gasteiger partial charge in [-0.25, -0.2) is 4.79 Å². The van der Waals surface area contributed by atoms with Gasteiger partial charge in [0.2, 0.25) is 0 Å². The molecule has 0 bridgehead atoms. The van der Waals surface area contributed by atoms with E-state index in [1.165, 1.54) is 0 Å². The lowest BCUT2D eigenvalue weighted by atomic mass is 9.90. The van der Waals surface area contributed by atoms with Gasteiger partial charge in [0.1, 0.15) is 11.4 Å². The van der Waals surface area contributed by atoms with E-state index in [0.717, 1.165) is 38.8 Å². The van der Waals surface area contributed by atoms with Gasteiger partial charge in [0.05, 0.1) is 0 Å². The molecule has 1 aromatic carbocycles. The maximum atomic E-state index is 13.5. The molecular weight excluding hydrogens is 416 g/mol. The summed E-state index contributed by atoms with van der Waals surface area (Å²) >= 11 is 6.14. The van der Waals surface area contributed by atoms with Gasteiger partial charge in [0.25, 0.3) is 5.91 Å². The number of carbonyl (C=O) groups is 2. The van der Waals surface area contributed by atoms with Gasteiger partial charge < -0.3 is 19.3 Å². The first kappa shape index (κ1) is 23.5. The SMILES string of the molecule is C=C[C@@H]([C@@H](Oc1cccc(Cl)c1)C(=O)N1CCCC1)[C@@H]1CCCN1C(=O)OC(C)(C)C. The summed E-state index contributed by atoms with van der Waals surface area (Å²) in [4.78, 5) is 29.9. The van der Waals surface area contributed by atoms with Crippen molar-refractivity contribution in [3.63, 3.8) is 0 Å². The van der Waals surface area contributed by atoms with E-state index in [1.54, 1.807) is 35.2 Å². The van der Waals surface area contributed by atoms with E-state index in [-0.39, 0.29) is 24.0 Å². The zero-order chi connectivity index (χ0) is 22.6. The van der Waals surface area contributed by atoms with Gasteiger partial charge in [-0.2, -0.15) is 0 Å². The van der Waals surface area contributed by atoms with Crippen molar-refractivity contribution in [2.45, 2.75) is 64.2 Å². The Hall–Kier alpha value is -2.21. The largest absolute Gasteiger partial charge is 0.480 e. The van der Waals surface area contributed by atoms with Crippen LogP contribution in [0.25, 0.3) is 0 Å². The number of amides is 2. The van der Waals surface area contributed by atoms with Crippen LogP contribution in [-0.4, -0.2) is 59.2 Å². The van der Waals surface area contributed by atoms with Crippen LogP contribution < -0.4 is 4.74 Å². The van der Waals surface area contributed by atoms with Gasteiger partial charge in [0.15, 0.2) is 6.10 Å². The molecule has 2 aliphatic heterocycles. The molecule has 3 rings (SSSR count). The highest BCUT2D eigenvalue weighted by Gasteiger charge is 2.43. The van der Waals surface area contributed by atoms with Gasteiger partial charge >= 0.3 is 6.09 Å². The summed E-state index contributed by atoms with van der Waals surface area (Å²) in [6, 6.07) is 6.82. The van der Waals surface area contributed by atoms with Crippen LogP contribution in [0, 0.1) is 5.92 Å². The van der Waals surface area contributed by atoms with E-state index in [2.05, 4.69) is 6.58 Å². The molecular formula is C24H33ClN2O4. The third-order valence-corrected chi connectivity index (χ3v) is 5.95. The van der Waals surface area contributed by atoms with Gasteiger partial charge in [-0.15, -0.1) is 6.58 Å². The number of ether oxygens (including phenoxy) is 2. The number of halogens is 1. The quantitative estimate of drug-likeness (QED) is 0.580. The second-order valence-corrected chi connectivity index (χ2v) is 9.66. The van der Waals surface area contributed by atoms with Crippen molar-refractivity contribution in [2.75, 3.05) is 19.6 Å². The smallest absolute Gasteiger partial charge is 0.410 e. The van der Waals surface area contributed by atoms with E-state index < -0.39 is 11.7 Å². The van der Waals surface area contributed by atoms with Gasteiger partial charge in [-0.1, -0.05) is 23.7 Å². The van der Waals surface area contributed by atoms with Crippen molar-refractivity contribution in [1.82, 2.24) is 9.80 Å². The van der Waals surface area contributed by atoms with Crippen LogP contribution in [0.5, 0.6) is 5.75 Å². The molecule has 2 amide bonds. The highest BCUT2D eigenvalue weighted by Crippen LogP contribution is 2.32. The third-order valence-electron chi connectivity index (χ3n) is 5.71. The molecule has 170 valence electrons. The molecule has 2 heterocycles. The molecule has 7 heteroatoms. The predicted octanol–water partition coefficient (Wildman–Crippen LogP) is 4.91. The molecule has 2 aliphatic rings. The zero-order valence-electron chi connectivity index (χ0n) is 18.7. The fourth-order valence-electron chi connectivity index (χ4n) is 4.32. The first-order valence-electron chi connectivity index (χ1n) is 11.0. The molecule has 0 spiro atoms. The first-order chi connectivity index (χ1) is 14.7. The summed E-state index contributed by atoms with van der Waals surface area (Å²) in [5.41, 5.74) is -0.587. The summed E-state index contributed by atoms with van der Waals surface area (Å²) in [5, 5.41) is 0.538. The molecule has 3 atom stereocenters. The second-order valence-electron chi connectivity index (χ2n) is 9.22. The Labute approximate surface area is 190 Å². The molecule has 31 heavy (non-hydrogen) atoms. The second kappa shape index (κ2) is 9.94. The Morgan fingerprint density at radius 2 is 1.90 bits per heavy atom. The average Bonchev–Trinajstić information content (AvgIpc) is 3.38. The Kier molecular flexibility index (Phi) is 7.52. The zero-order valence-corrected chi connectivity index (χ0v) is 19.4. The van der Waals surface area contributed by atoms with Crippen LogP contribution in [0.3, 0.4) is 0 Å². The third kappa shape index (κ3) is 5.94. The van der Waals surface area contributed by atoms with E-state index in [0.29, 0.717) is 17.3 Å². The van der Waals surface area contributed by atoms with E-state index >= 15 is 0 Å². The minimum atomic E-state index is -0.790. The molecule has 0 unspecified atom stereocenters. The maximum absolute atomic E-state index is 13.5. The van der Waals surface area contributed by atoms with Crippen LogP contribution in [0.4, 0.5) is 4.79 Å². The monoisotopic (exact) mass is 448 g/mol. The van der Waals surface area contributed by atoms with Crippen molar-refractivity contribution < 1.29 is 19.1 Å². The average molecular weight is 449 g/mol. The van der Waals surface area contributed by atoms with Crippen molar-refractivity contribution in [3.05, 3.63) is 41.9 Å². The van der Waals surface area contributed by atoms with Crippen molar-refractivity contribution >= 4 is 23.6 Å². The van der Waals surface area contributed by atoms with Crippen LogP contribution in [0.15, 0.2) is 36.9 Å². The maximum Gasteiger partial charge on any atom is 0.410 e. The van der Waals surface area contributed by atoms with Crippen molar-refractivity contribution in [1.29, 1.82) is 0 Å². The summed E-state index contributed by atoms with van der Waals surface area (Å²) < 4.78 is 11.9. The fraction of sp³-hybridized carbons (Fsp3) is 0.583. The molecule has 0 saturated carbocycles. The standard InChI is InChI=1S/C24H33ClN2O4/c1-5-19(20-12-9-15-27(20)23(29)31-24(2,3)4)21(22(28)26-13-6-7-14-26)30-18-11-8-10-17(25)16-18/h5,8,10-11,16,19-21H,1,6-7,9,12-15H2,2-4H3/t19-,20+,21-/m1/s1. The lowest BCUT2D eigenvalue weighted by Crippen LogP contribution is -2.52. The number of hydrogen-bond acceptors (Lipinski definition) is 4. The first-order valence-corrected chi connectivity index (χ1v) is 11.4. The predicted molar refractivity (Wildman–Crippen MR) is 121 cm³/mol. The summed E-state index contributed by atoms with van der Waals surface area (Å²) in [6.45, 7) is 11.6. The number of rotatable bonds is 6. The molecule has 6 nitrogen and oxygen atoms in total. The minimum absolute atomic E-state index is 0.0709. The molecule has 1 aromatic rings. The number of carbonyl (C=O) groups excluding carboxylic acids is 2. The van der Waals surface area contributed by atoms with Gasteiger partial charge in [-0.05, 0) is 64.7 Å². The van der Waals surface area contributed by atoms with Gasteiger partial charge in [-0.3, -0.25) is 4.79 Å². The molecule has 2 saturated heterocycles. The number of benzene rings is 1. The van der Waals surface area contributed by atoms with Crippen LogP contribution in [-0.2, 0) is 9.53 Å². The van der Waals surface area contributed by atoms with Crippen LogP contribution in [0.1, 0.15) is 46.5 Å². The number of hydrogen-bond donors (Lipinski definition) is 0. The highest BCUT2D eigenvalue weighted by atomic mass is 35.5. The lowest BCUT2D eigenvalue weighted by molar-refractivity contribution is -0.140. The topological polar surface area (TPSA) is 59.1 Å². The molecule has 0 aliphatic carbocycles. The Bertz CT molecular complexity index is 801. The Balaban J connectivity index is 1.88. The molecule has 0 radical (unpaired) electrons. The molecule has 0 N–H and O–H groups in total. The normalized spacial score (nSPS) is 21.0. The van der Waals surface area contributed by atoms with E-state index in [4.69, 9.17) is 21.1 Å². The van der Waals surface area contributed by atoms with Crippen LogP contribution >= 0.6 is 11.6 Å². The number of likely N-dealkylation sites (tertiary alicyclic amines) is 2. The lowest BCUT2D eigenvalue weighted by Gasteiger charge is -2.36. The highest BCUT2D eigenvalue weighted by molar-refractivity contribution is 6.30. The van der Waals surface area contributed by atoms with Crippen molar-refractivity contribution in [2.24, 2.45) is 5.92 Å². The summed E-state index contributed by atoms with van der Waals surface area (Å²) in [6.07, 6.45) is 4.17. The van der Waals surface area contributed by atoms with Crippen molar-refractivity contribution in [3.8, 4) is 5.75 Å². The Morgan fingerprint density at radius 3 is 2.52 bits per heavy atom. The molecule has 2 fully saturated rings. The number of nitrogens with zero attached hydrogens (tertiary/aromatic N) is 2. The van der Waals surface area contributed by atoms with E-state index in [9.17, 15) is 9.59 Å². The van der Waals surface area contributed by atoms with Crippen LogP contribution in [0.2, 0.25) is 5.02 Å². The van der Waals surface area contributed by atoms with Gasteiger partial charge in [0, 0.05) is 36.6 Å². The Morgan fingerprint density at radius 1 is 1.19 bits per heavy atom. The minimum Gasteiger partial charge on any atom is -0.480 e.